The van der Waals surface area contributed by atoms with Gasteiger partial charge in [0.15, 0.2) is 0 Å². The molecular weight excluding hydrogens is 80.0 g/mol. The quantitative estimate of drug-likeness (QED) is 0.436. The first-order valence-corrected chi connectivity index (χ1v) is 1.91. The summed E-state index contributed by atoms with van der Waals surface area (Å²) < 4.78 is 0. The first-order chi connectivity index (χ1) is 2.73. The van der Waals surface area contributed by atoms with Crippen LogP contribution in [0.1, 0.15) is 20.8 Å². The molecule has 0 spiro atoms. The van der Waals surface area contributed by atoms with E-state index in [-0.39, 0.29) is 0 Å². The van der Waals surface area contributed by atoms with Crippen LogP contribution in [0.25, 0.3) is 0 Å². The first kappa shape index (κ1) is 9.08. The van der Waals surface area contributed by atoms with Gasteiger partial charge in [0.2, 0.25) is 0 Å². The fourth-order valence-corrected chi connectivity index (χ4v) is 0. The number of hydrogen-bond donors (Lipinski definition) is 0. The first-order valence-electron chi connectivity index (χ1n) is 1.91. The molecule has 0 unspecified atom stereocenters. The lowest BCUT2D eigenvalue weighted by atomic mass is 10.9. The minimum absolute atomic E-state index is 0.972. The van der Waals surface area contributed by atoms with Gasteiger partial charge in [-0.2, -0.15) is 0 Å². The molecule has 0 amide bonds. The highest BCUT2D eigenvalue weighted by Gasteiger charge is 1.71. The molecule has 0 aliphatic heterocycles. The van der Waals surface area contributed by atoms with E-state index in [0.717, 1.165) is 6.92 Å². The molecule has 2 nitrogen and oxygen atoms in total. The maximum atomic E-state index is 8.89. The highest BCUT2D eigenvalue weighted by molar-refractivity contribution is 5.62. The average molecular weight is 89.1 g/mol. The van der Waals surface area contributed by atoms with Crippen LogP contribution in [-0.2, 0) is 9.90 Å². The number of rotatable bonds is 0. The van der Waals surface area contributed by atoms with Crippen LogP contribution in [0.4, 0.5) is 0 Å². The van der Waals surface area contributed by atoms with E-state index in [1.165, 1.54) is 0 Å². The molecule has 0 aliphatic carbocycles. The Labute approximate surface area is 37.8 Å². The second-order valence-corrected chi connectivity index (χ2v) is 0.492. The van der Waals surface area contributed by atoms with Crippen molar-refractivity contribution in [1.82, 2.24) is 0 Å². The van der Waals surface area contributed by atoms with Crippen LogP contribution in [0.5, 0.6) is 0 Å². The standard InChI is InChI=1S/C2H3O2.C2H6/c1-2(3)4;1-2/h1H3;1-2H3. The number of carbonyl (C=O) groups is 1. The van der Waals surface area contributed by atoms with Crippen molar-refractivity contribution in [3.8, 4) is 0 Å². The second-order valence-electron chi connectivity index (χ2n) is 0.492. The Balaban J connectivity index is 0. The molecule has 37 valence electrons. The summed E-state index contributed by atoms with van der Waals surface area (Å²) in [4.78, 5) is 8.89. The zero-order valence-electron chi connectivity index (χ0n) is 4.32. The molecule has 0 N–H and O–H groups in total. The molecule has 0 bridgehead atoms. The summed E-state index contributed by atoms with van der Waals surface area (Å²) in [5.41, 5.74) is 0. The van der Waals surface area contributed by atoms with Crippen molar-refractivity contribution >= 4 is 5.97 Å². The van der Waals surface area contributed by atoms with Gasteiger partial charge in [0.05, 0.1) is 0 Å². The van der Waals surface area contributed by atoms with Crippen molar-refractivity contribution < 1.29 is 9.90 Å². The highest BCUT2D eigenvalue weighted by Crippen LogP contribution is 1.45. The fraction of sp³-hybridized carbons (Fsp3) is 0.750. The van der Waals surface area contributed by atoms with Gasteiger partial charge in [-0.1, -0.05) is 13.8 Å². The van der Waals surface area contributed by atoms with Crippen LogP contribution in [0.15, 0.2) is 0 Å². The van der Waals surface area contributed by atoms with Crippen molar-refractivity contribution in [3.63, 3.8) is 0 Å². The second kappa shape index (κ2) is 8.82. The molecule has 0 aromatic rings. The molecule has 0 rings (SSSR count). The summed E-state index contributed by atoms with van der Waals surface area (Å²) in [6.45, 7) is 4.97. The monoisotopic (exact) mass is 89.1 g/mol. The molecule has 0 aromatic heterocycles. The number of carbonyl (C=O) groups excluding carboxylic acids is 1. The highest BCUT2D eigenvalue weighted by atomic mass is 16.4. The van der Waals surface area contributed by atoms with E-state index < -0.39 is 5.97 Å². The fourth-order valence-electron chi connectivity index (χ4n) is 0. The molecule has 0 aliphatic rings. The Morgan fingerprint density at radius 2 is 1.33 bits per heavy atom. The molecular formula is C4H9O2. The summed E-state index contributed by atoms with van der Waals surface area (Å²) in [7, 11) is 0. The predicted octanol–water partition coefficient (Wildman–Crippen LogP) is 0.990. The van der Waals surface area contributed by atoms with E-state index in [9.17, 15) is 0 Å². The van der Waals surface area contributed by atoms with Crippen LogP contribution in [0.2, 0.25) is 0 Å². The van der Waals surface area contributed by atoms with E-state index in [4.69, 9.17) is 9.90 Å². The van der Waals surface area contributed by atoms with Crippen molar-refractivity contribution in [2.45, 2.75) is 20.8 Å². The minimum atomic E-state index is -1.08. The molecule has 0 fully saturated rings. The summed E-state index contributed by atoms with van der Waals surface area (Å²) in [6.07, 6.45) is 0. The zero-order valence-corrected chi connectivity index (χ0v) is 4.32. The molecule has 2 heteroatoms. The molecule has 0 aromatic carbocycles. The molecule has 1 radical (unpaired) electrons. The largest absolute Gasteiger partial charge is 0.352 e. The zero-order chi connectivity index (χ0) is 5.58. The third-order valence-electron chi connectivity index (χ3n) is 0. The summed E-state index contributed by atoms with van der Waals surface area (Å²) in [5, 5.41) is 8.89. The van der Waals surface area contributed by atoms with E-state index in [0.29, 0.717) is 0 Å². The van der Waals surface area contributed by atoms with Gasteiger partial charge < -0.3 is 0 Å². The lowest BCUT2D eigenvalue weighted by Gasteiger charge is -1.50. The minimum Gasteiger partial charge on any atom is -0.248 e. The van der Waals surface area contributed by atoms with Gasteiger partial charge >= 0.3 is 5.97 Å². The molecule has 6 heavy (non-hydrogen) atoms. The van der Waals surface area contributed by atoms with Gasteiger partial charge in [-0.05, 0) is 0 Å². The summed E-state index contributed by atoms with van der Waals surface area (Å²) in [5.74, 6) is -1.08. The van der Waals surface area contributed by atoms with Gasteiger partial charge in [0, 0.05) is 6.92 Å². The third-order valence-corrected chi connectivity index (χ3v) is 0. The Morgan fingerprint density at radius 3 is 1.33 bits per heavy atom. The molecule has 0 saturated carbocycles. The average Bonchev–Trinajstić information content (AvgIpc) is 1.41. The van der Waals surface area contributed by atoms with Crippen molar-refractivity contribution in [3.05, 3.63) is 0 Å². The van der Waals surface area contributed by atoms with Crippen molar-refractivity contribution in [1.29, 1.82) is 0 Å². The van der Waals surface area contributed by atoms with Gasteiger partial charge in [-0.25, -0.2) is 9.90 Å². The van der Waals surface area contributed by atoms with Crippen LogP contribution in [0.3, 0.4) is 0 Å². The third kappa shape index (κ3) is 75.4. The van der Waals surface area contributed by atoms with Crippen LogP contribution < -0.4 is 0 Å². The molecule has 0 atom stereocenters. The Morgan fingerprint density at radius 1 is 1.33 bits per heavy atom. The smallest absolute Gasteiger partial charge is 0.248 e. The van der Waals surface area contributed by atoms with E-state index in [1.54, 1.807) is 0 Å². The lowest BCUT2D eigenvalue weighted by Crippen LogP contribution is -1.74. The van der Waals surface area contributed by atoms with Crippen LogP contribution in [0, 0.1) is 0 Å². The lowest BCUT2D eigenvalue weighted by molar-refractivity contribution is -0.140. The normalized spacial score (nSPS) is 5.17. The van der Waals surface area contributed by atoms with Crippen LogP contribution >= 0.6 is 0 Å². The van der Waals surface area contributed by atoms with Crippen molar-refractivity contribution in [2.24, 2.45) is 0 Å². The van der Waals surface area contributed by atoms with Gasteiger partial charge in [-0.15, -0.1) is 0 Å². The predicted molar refractivity (Wildman–Crippen MR) is 22.7 cm³/mol. The summed E-state index contributed by atoms with van der Waals surface area (Å²) >= 11 is 0. The summed E-state index contributed by atoms with van der Waals surface area (Å²) in [6, 6.07) is 0. The van der Waals surface area contributed by atoms with E-state index >= 15 is 0 Å². The maximum absolute atomic E-state index is 8.89. The van der Waals surface area contributed by atoms with Crippen LogP contribution in [-0.4, -0.2) is 5.97 Å². The van der Waals surface area contributed by atoms with Gasteiger partial charge in [0.25, 0.3) is 0 Å². The molecule has 0 saturated heterocycles. The van der Waals surface area contributed by atoms with Crippen molar-refractivity contribution in [2.75, 3.05) is 0 Å². The van der Waals surface area contributed by atoms with E-state index in [2.05, 4.69) is 0 Å². The Bertz CT molecular complexity index is 28.5. The van der Waals surface area contributed by atoms with Gasteiger partial charge in [-0.3, -0.25) is 0 Å². The topological polar surface area (TPSA) is 37.0 Å². The Kier molecular flexibility index (Phi) is 13.3. The Hall–Kier alpha value is -0.530. The van der Waals surface area contributed by atoms with E-state index in [1.807, 2.05) is 13.8 Å². The van der Waals surface area contributed by atoms with Gasteiger partial charge in [0.1, 0.15) is 0 Å². The number of hydrogen-bond acceptors (Lipinski definition) is 1. The maximum Gasteiger partial charge on any atom is 0.352 e. The SMILES string of the molecule is CC.CC([O])=O. The molecule has 0 heterocycles.